The Bertz CT molecular complexity index is 613. The van der Waals surface area contributed by atoms with Crippen LogP contribution in [0.25, 0.3) is 0 Å². The largest absolute Gasteiger partial charge is 0.493 e. The van der Waals surface area contributed by atoms with E-state index in [9.17, 15) is 0 Å². The molecule has 0 aromatic heterocycles. The van der Waals surface area contributed by atoms with Crippen molar-refractivity contribution in [1.82, 2.24) is 15.5 Å². The highest BCUT2D eigenvalue weighted by atomic mass is 127. The number of guanidine groups is 1. The fourth-order valence-electron chi connectivity index (χ4n) is 3.29. The predicted molar refractivity (Wildman–Crippen MR) is 124 cm³/mol. The first kappa shape index (κ1) is 24.8. The van der Waals surface area contributed by atoms with Crippen molar-refractivity contribution < 1.29 is 14.2 Å². The monoisotopic (exact) mass is 506 g/mol. The maximum absolute atomic E-state index is 5.89. The van der Waals surface area contributed by atoms with Crippen molar-refractivity contribution in [3.63, 3.8) is 0 Å². The van der Waals surface area contributed by atoms with E-state index in [0.29, 0.717) is 12.5 Å². The molecule has 2 N–H and O–H groups in total. The number of aliphatic imine (C=N–C) groups is 1. The van der Waals surface area contributed by atoms with Gasteiger partial charge in [0, 0.05) is 45.3 Å². The normalized spacial score (nSPS) is 17.8. The van der Waals surface area contributed by atoms with Gasteiger partial charge in [-0.25, -0.2) is 0 Å². The summed E-state index contributed by atoms with van der Waals surface area (Å²) in [5.41, 5.74) is 1.01. The van der Waals surface area contributed by atoms with E-state index in [2.05, 4.69) is 34.4 Å². The summed E-state index contributed by atoms with van der Waals surface area (Å²) in [5.74, 6) is 2.87. The van der Waals surface area contributed by atoms with Crippen LogP contribution in [0, 0.1) is 5.92 Å². The van der Waals surface area contributed by atoms with E-state index in [1.165, 1.54) is 0 Å². The van der Waals surface area contributed by atoms with Gasteiger partial charge in [-0.3, -0.25) is 9.89 Å². The summed E-state index contributed by atoms with van der Waals surface area (Å²) in [6, 6.07) is 5.85. The van der Waals surface area contributed by atoms with Crippen LogP contribution in [-0.4, -0.2) is 71.0 Å². The number of morpholine rings is 1. The van der Waals surface area contributed by atoms with E-state index < -0.39 is 0 Å². The lowest BCUT2D eigenvalue weighted by molar-refractivity contribution is -0.0284. The van der Waals surface area contributed by atoms with Gasteiger partial charge in [-0.2, -0.15) is 0 Å². The summed E-state index contributed by atoms with van der Waals surface area (Å²) in [4.78, 5) is 6.78. The smallest absolute Gasteiger partial charge is 0.191 e. The average Bonchev–Trinajstić information content (AvgIpc) is 2.67. The Morgan fingerprint density at radius 1 is 1.29 bits per heavy atom. The predicted octanol–water partition coefficient (Wildman–Crippen LogP) is 2.34. The molecule has 0 aliphatic carbocycles. The molecule has 1 heterocycles. The topological polar surface area (TPSA) is 67.4 Å². The van der Waals surface area contributed by atoms with E-state index in [1.807, 2.05) is 18.2 Å². The average molecular weight is 506 g/mol. The third-order valence-electron chi connectivity index (χ3n) is 4.50. The molecule has 1 aromatic rings. The summed E-state index contributed by atoms with van der Waals surface area (Å²) in [7, 11) is 5.06. The highest BCUT2D eigenvalue weighted by Crippen LogP contribution is 2.30. The van der Waals surface area contributed by atoms with Crippen molar-refractivity contribution in [1.29, 1.82) is 0 Å². The second-order valence-corrected chi connectivity index (χ2v) is 7.11. The molecule has 1 saturated heterocycles. The number of hydrogen-bond acceptors (Lipinski definition) is 5. The molecule has 0 bridgehead atoms. The SMILES string of the molecule is CN=C(NCc1cccc(OC)c1OC)NCC1CN(CC(C)C)CCO1.I. The van der Waals surface area contributed by atoms with Gasteiger partial charge in [-0.15, -0.1) is 24.0 Å². The van der Waals surface area contributed by atoms with Crippen molar-refractivity contribution in [2.75, 3.05) is 54.1 Å². The second kappa shape index (κ2) is 13.1. The zero-order chi connectivity index (χ0) is 19.6. The summed E-state index contributed by atoms with van der Waals surface area (Å²) >= 11 is 0. The number of halogens is 1. The first-order valence-electron chi connectivity index (χ1n) is 9.55. The number of methoxy groups -OCH3 is 2. The number of para-hydroxylation sites is 1. The fourth-order valence-corrected chi connectivity index (χ4v) is 3.29. The lowest BCUT2D eigenvalue weighted by Gasteiger charge is -2.34. The van der Waals surface area contributed by atoms with Gasteiger partial charge in [0.15, 0.2) is 17.5 Å². The molecule has 7 nitrogen and oxygen atoms in total. The summed E-state index contributed by atoms with van der Waals surface area (Å²) < 4.78 is 16.7. The zero-order valence-electron chi connectivity index (χ0n) is 17.7. The van der Waals surface area contributed by atoms with Crippen LogP contribution < -0.4 is 20.1 Å². The van der Waals surface area contributed by atoms with Crippen LogP contribution in [0.4, 0.5) is 0 Å². The fraction of sp³-hybridized carbons (Fsp3) is 0.650. The van der Waals surface area contributed by atoms with Crippen LogP contribution >= 0.6 is 24.0 Å². The minimum atomic E-state index is 0. The number of benzene rings is 1. The Morgan fingerprint density at radius 3 is 2.71 bits per heavy atom. The minimum absolute atomic E-state index is 0. The van der Waals surface area contributed by atoms with Crippen molar-refractivity contribution in [2.24, 2.45) is 10.9 Å². The molecule has 1 atom stereocenters. The molecule has 160 valence electrons. The first-order valence-corrected chi connectivity index (χ1v) is 9.55. The highest BCUT2D eigenvalue weighted by molar-refractivity contribution is 14.0. The van der Waals surface area contributed by atoms with Crippen molar-refractivity contribution >= 4 is 29.9 Å². The second-order valence-electron chi connectivity index (χ2n) is 7.11. The molecular weight excluding hydrogens is 471 g/mol. The highest BCUT2D eigenvalue weighted by Gasteiger charge is 2.21. The molecule has 8 heteroatoms. The van der Waals surface area contributed by atoms with E-state index in [4.69, 9.17) is 14.2 Å². The molecule has 1 unspecified atom stereocenters. The molecule has 0 spiro atoms. The van der Waals surface area contributed by atoms with E-state index in [1.54, 1.807) is 21.3 Å². The maximum atomic E-state index is 5.89. The van der Waals surface area contributed by atoms with Gasteiger partial charge in [-0.05, 0) is 12.0 Å². The van der Waals surface area contributed by atoms with Gasteiger partial charge in [0.2, 0.25) is 0 Å². The Balaban J connectivity index is 0.00000392. The zero-order valence-corrected chi connectivity index (χ0v) is 20.0. The van der Waals surface area contributed by atoms with E-state index in [-0.39, 0.29) is 30.1 Å². The van der Waals surface area contributed by atoms with Gasteiger partial charge in [0.05, 0.1) is 26.9 Å². The minimum Gasteiger partial charge on any atom is -0.493 e. The van der Waals surface area contributed by atoms with Crippen molar-refractivity contribution in [3.8, 4) is 11.5 Å². The number of hydrogen-bond donors (Lipinski definition) is 2. The third-order valence-corrected chi connectivity index (χ3v) is 4.50. The molecule has 28 heavy (non-hydrogen) atoms. The van der Waals surface area contributed by atoms with Crippen LogP contribution in [-0.2, 0) is 11.3 Å². The molecule has 0 amide bonds. The van der Waals surface area contributed by atoms with Crippen LogP contribution in [0.3, 0.4) is 0 Å². The number of nitrogens with one attached hydrogen (secondary N) is 2. The first-order chi connectivity index (χ1) is 13.1. The molecule has 0 saturated carbocycles. The van der Waals surface area contributed by atoms with Crippen LogP contribution in [0.1, 0.15) is 19.4 Å². The summed E-state index contributed by atoms with van der Waals surface area (Å²) in [6.45, 7) is 9.68. The Hall–Kier alpha value is -1.26. The lowest BCUT2D eigenvalue weighted by atomic mass is 10.2. The van der Waals surface area contributed by atoms with Crippen LogP contribution in [0.5, 0.6) is 11.5 Å². The Kier molecular flexibility index (Phi) is 11.6. The van der Waals surface area contributed by atoms with Crippen LogP contribution in [0.2, 0.25) is 0 Å². The van der Waals surface area contributed by atoms with Gasteiger partial charge < -0.3 is 24.8 Å². The molecule has 2 rings (SSSR count). The molecule has 1 aromatic carbocycles. The lowest BCUT2D eigenvalue weighted by Crippen LogP contribution is -2.50. The standard InChI is InChI=1S/C20H34N4O3.HI/c1-15(2)13-24-9-10-27-17(14-24)12-23-20(21-3)22-11-16-7-6-8-18(25-4)19(16)26-5;/h6-8,15,17H,9-14H2,1-5H3,(H2,21,22,23);1H. The quantitative estimate of drug-likeness (QED) is 0.321. The number of nitrogens with zero attached hydrogens (tertiary/aromatic N) is 2. The van der Waals surface area contributed by atoms with Gasteiger partial charge in [0.25, 0.3) is 0 Å². The maximum Gasteiger partial charge on any atom is 0.191 e. The van der Waals surface area contributed by atoms with Gasteiger partial charge in [-0.1, -0.05) is 26.0 Å². The Morgan fingerprint density at radius 2 is 2.07 bits per heavy atom. The van der Waals surface area contributed by atoms with E-state index >= 15 is 0 Å². The number of rotatable bonds is 8. The van der Waals surface area contributed by atoms with Crippen molar-refractivity contribution in [2.45, 2.75) is 26.5 Å². The molecular formula is C20H35IN4O3. The third kappa shape index (κ3) is 7.63. The van der Waals surface area contributed by atoms with E-state index in [0.717, 1.165) is 55.8 Å². The molecule has 1 aliphatic rings. The summed E-state index contributed by atoms with van der Waals surface area (Å²) in [6.07, 6.45) is 0.169. The number of ether oxygens (including phenoxy) is 3. The van der Waals surface area contributed by atoms with Crippen LogP contribution in [0.15, 0.2) is 23.2 Å². The van der Waals surface area contributed by atoms with Crippen molar-refractivity contribution in [3.05, 3.63) is 23.8 Å². The summed E-state index contributed by atoms with van der Waals surface area (Å²) in [5, 5.41) is 6.69. The molecule has 1 aliphatic heterocycles. The molecule has 1 fully saturated rings. The Labute approximate surface area is 186 Å². The van der Waals surface area contributed by atoms with Gasteiger partial charge >= 0.3 is 0 Å². The van der Waals surface area contributed by atoms with Gasteiger partial charge in [0.1, 0.15) is 0 Å². The molecule has 0 radical (unpaired) electrons.